The summed E-state index contributed by atoms with van der Waals surface area (Å²) in [5.41, 5.74) is 0.212. The summed E-state index contributed by atoms with van der Waals surface area (Å²) < 4.78 is 5.29. The molecule has 0 fully saturated rings. The number of nitriles is 2. The number of rotatable bonds is 2. The molecule has 20 heavy (non-hydrogen) atoms. The minimum atomic E-state index is -0.796. The SMILES string of the molecule is C/C(O)=C(\C#N)C(=O)Nc1c(C#N)oc2ccccc12. The molecule has 0 aliphatic rings. The molecule has 0 unspecified atom stereocenters. The molecule has 0 saturated heterocycles. The van der Waals surface area contributed by atoms with Crippen LogP contribution in [0.25, 0.3) is 11.0 Å². The summed E-state index contributed by atoms with van der Waals surface area (Å²) in [4.78, 5) is 11.9. The zero-order chi connectivity index (χ0) is 14.7. The molecule has 2 rings (SSSR count). The van der Waals surface area contributed by atoms with Crippen LogP contribution in [0.3, 0.4) is 0 Å². The number of para-hydroxylation sites is 1. The minimum absolute atomic E-state index is 0.0626. The van der Waals surface area contributed by atoms with E-state index in [1.807, 2.05) is 6.07 Å². The van der Waals surface area contributed by atoms with Crippen LogP contribution >= 0.6 is 0 Å². The summed E-state index contributed by atoms with van der Waals surface area (Å²) in [5.74, 6) is -1.25. The van der Waals surface area contributed by atoms with Crippen LogP contribution in [0.2, 0.25) is 0 Å². The Bertz CT molecular complexity index is 799. The molecule has 0 aliphatic heterocycles. The predicted molar refractivity (Wildman–Crippen MR) is 70.5 cm³/mol. The fourth-order valence-electron chi connectivity index (χ4n) is 1.72. The first-order valence-corrected chi connectivity index (χ1v) is 5.61. The van der Waals surface area contributed by atoms with Crippen LogP contribution in [0.5, 0.6) is 0 Å². The maximum absolute atomic E-state index is 11.9. The first-order chi connectivity index (χ1) is 9.58. The molecule has 0 radical (unpaired) electrons. The van der Waals surface area contributed by atoms with Gasteiger partial charge in [-0.15, -0.1) is 0 Å². The zero-order valence-corrected chi connectivity index (χ0v) is 10.5. The molecule has 0 aliphatic carbocycles. The van der Waals surface area contributed by atoms with E-state index >= 15 is 0 Å². The lowest BCUT2D eigenvalue weighted by molar-refractivity contribution is -0.112. The van der Waals surface area contributed by atoms with Gasteiger partial charge in [-0.2, -0.15) is 10.5 Å². The molecule has 1 aromatic carbocycles. The fourth-order valence-corrected chi connectivity index (χ4v) is 1.72. The van der Waals surface area contributed by atoms with Crippen LogP contribution in [0.15, 0.2) is 40.0 Å². The molecule has 0 bridgehead atoms. The van der Waals surface area contributed by atoms with Crippen molar-refractivity contribution in [1.82, 2.24) is 0 Å². The number of hydrogen-bond donors (Lipinski definition) is 2. The standard InChI is InChI=1S/C14H9N3O3/c1-8(18)10(6-15)14(19)17-13-9-4-2-3-5-11(9)20-12(13)7-16/h2-5,18H,1H3,(H,17,19)/b10-8-. The summed E-state index contributed by atoms with van der Waals surface area (Å²) in [5, 5.41) is 30.1. The van der Waals surface area contributed by atoms with Gasteiger partial charge in [-0.05, 0) is 19.1 Å². The highest BCUT2D eigenvalue weighted by molar-refractivity contribution is 6.11. The zero-order valence-electron chi connectivity index (χ0n) is 10.5. The van der Waals surface area contributed by atoms with Gasteiger partial charge in [-0.3, -0.25) is 4.79 Å². The normalized spacial score (nSPS) is 11.3. The van der Waals surface area contributed by atoms with Gasteiger partial charge in [0.25, 0.3) is 5.91 Å². The van der Waals surface area contributed by atoms with Crippen molar-refractivity contribution in [3.63, 3.8) is 0 Å². The Hall–Kier alpha value is -3.25. The Labute approximate surface area is 114 Å². The van der Waals surface area contributed by atoms with Gasteiger partial charge in [0.2, 0.25) is 5.76 Å². The van der Waals surface area contributed by atoms with Gasteiger partial charge in [0.15, 0.2) is 5.57 Å². The lowest BCUT2D eigenvalue weighted by Crippen LogP contribution is -2.15. The summed E-state index contributed by atoms with van der Waals surface area (Å²) >= 11 is 0. The lowest BCUT2D eigenvalue weighted by atomic mass is 10.2. The third-order valence-electron chi connectivity index (χ3n) is 2.64. The molecule has 6 heteroatoms. The minimum Gasteiger partial charge on any atom is -0.511 e. The van der Waals surface area contributed by atoms with Crippen LogP contribution in [-0.4, -0.2) is 11.0 Å². The van der Waals surface area contributed by atoms with Gasteiger partial charge in [0, 0.05) is 5.39 Å². The maximum atomic E-state index is 11.9. The van der Waals surface area contributed by atoms with Crippen molar-refractivity contribution in [2.24, 2.45) is 0 Å². The monoisotopic (exact) mass is 267 g/mol. The number of furan rings is 1. The number of carbonyl (C=O) groups is 1. The molecule has 1 aromatic heterocycles. The van der Waals surface area contributed by atoms with Crippen LogP contribution in [0.1, 0.15) is 12.7 Å². The molecule has 0 saturated carbocycles. The summed E-state index contributed by atoms with van der Waals surface area (Å²) in [6, 6.07) is 10.2. The Morgan fingerprint density at radius 2 is 2.05 bits per heavy atom. The van der Waals surface area contributed by atoms with Crippen LogP contribution in [0, 0.1) is 22.7 Å². The van der Waals surface area contributed by atoms with Gasteiger partial charge in [-0.25, -0.2) is 0 Å². The Morgan fingerprint density at radius 1 is 1.35 bits per heavy atom. The van der Waals surface area contributed by atoms with Crippen LogP contribution in [0.4, 0.5) is 5.69 Å². The van der Waals surface area contributed by atoms with Crippen molar-refractivity contribution >= 4 is 22.6 Å². The van der Waals surface area contributed by atoms with Crippen molar-refractivity contribution in [3.05, 3.63) is 41.4 Å². The van der Waals surface area contributed by atoms with E-state index < -0.39 is 17.2 Å². The molecular formula is C14H9N3O3. The second kappa shape index (κ2) is 5.17. The number of benzene rings is 1. The van der Waals surface area contributed by atoms with Gasteiger partial charge in [0.05, 0.1) is 0 Å². The van der Waals surface area contributed by atoms with Gasteiger partial charge in [-0.1, -0.05) is 12.1 Å². The fraction of sp³-hybridized carbons (Fsp3) is 0.0714. The number of anilines is 1. The summed E-state index contributed by atoms with van der Waals surface area (Å²) in [6.07, 6.45) is 0. The van der Waals surface area contributed by atoms with Crippen LogP contribution in [-0.2, 0) is 4.79 Å². The molecule has 98 valence electrons. The largest absolute Gasteiger partial charge is 0.511 e. The number of nitrogens with one attached hydrogen (secondary N) is 1. The highest BCUT2D eigenvalue weighted by Gasteiger charge is 2.19. The summed E-state index contributed by atoms with van der Waals surface area (Å²) in [6.45, 7) is 1.23. The van der Waals surface area contributed by atoms with E-state index in [9.17, 15) is 9.90 Å². The third kappa shape index (κ3) is 2.18. The number of carbonyl (C=O) groups excluding carboxylic acids is 1. The van der Waals surface area contributed by atoms with E-state index in [-0.39, 0.29) is 11.4 Å². The second-order valence-electron chi connectivity index (χ2n) is 3.94. The molecule has 0 spiro atoms. The van der Waals surface area contributed by atoms with Crippen LogP contribution < -0.4 is 5.32 Å². The van der Waals surface area contributed by atoms with Crippen molar-refractivity contribution in [1.29, 1.82) is 10.5 Å². The molecule has 0 atom stereocenters. The molecule has 1 amide bonds. The quantitative estimate of drug-likeness (QED) is 0.493. The smallest absolute Gasteiger partial charge is 0.269 e. The van der Waals surface area contributed by atoms with E-state index in [0.29, 0.717) is 11.0 Å². The number of aliphatic hydroxyl groups excluding tert-OH is 1. The Morgan fingerprint density at radius 3 is 2.65 bits per heavy atom. The number of nitrogens with zero attached hydrogens (tertiary/aromatic N) is 2. The Balaban J connectivity index is 2.50. The van der Waals surface area contributed by atoms with E-state index in [1.165, 1.54) is 6.92 Å². The molecule has 6 nitrogen and oxygen atoms in total. The topological polar surface area (TPSA) is 110 Å². The first-order valence-electron chi connectivity index (χ1n) is 5.61. The molecule has 1 heterocycles. The molecule has 2 aromatic rings. The van der Waals surface area contributed by atoms with E-state index in [0.717, 1.165) is 0 Å². The lowest BCUT2D eigenvalue weighted by Gasteiger charge is -2.03. The van der Waals surface area contributed by atoms with E-state index in [1.54, 1.807) is 30.3 Å². The third-order valence-corrected chi connectivity index (χ3v) is 2.64. The summed E-state index contributed by atoms with van der Waals surface area (Å²) in [7, 11) is 0. The molecular weight excluding hydrogens is 258 g/mol. The number of aliphatic hydroxyl groups is 1. The second-order valence-corrected chi connectivity index (χ2v) is 3.94. The predicted octanol–water partition coefficient (Wildman–Crippen LogP) is 2.60. The van der Waals surface area contributed by atoms with E-state index in [2.05, 4.69) is 5.32 Å². The average molecular weight is 267 g/mol. The highest BCUT2D eigenvalue weighted by Crippen LogP contribution is 2.30. The number of allylic oxidation sites excluding steroid dienone is 1. The van der Waals surface area contributed by atoms with Gasteiger partial charge >= 0.3 is 0 Å². The van der Waals surface area contributed by atoms with Crippen molar-refractivity contribution in [2.75, 3.05) is 5.32 Å². The average Bonchev–Trinajstić information content (AvgIpc) is 2.77. The van der Waals surface area contributed by atoms with Crippen molar-refractivity contribution < 1.29 is 14.3 Å². The Kier molecular flexibility index (Phi) is 3.41. The maximum Gasteiger partial charge on any atom is 0.269 e. The van der Waals surface area contributed by atoms with Gasteiger partial charge < -0.3 is 14.8 Å². The van der Waals surface area contributed by atoms with Crippen molar-refractivity contribution in [3.8, 4) is 12.1 Å². The van der Waals surface area contributed by atoms with Gasteiger partial charge in [0.1, 0.15) is 29.2 Å². The number of fused-ring (bicyclic) bond motifs is 1. The number of amides is 1. The number of hydrogen-bond acceptors (Lipinski definition) is 5. The highest BCUT2D eigenvalue weighted by atomic mass is 16.3. The van der Waals surface area contributed by atoms with E-state index in [4.69, 9.17) is 14.9 Å². The molecule has 2 N–H and O–H groups in total. The first kappa shape index (κ1) is 13.2. The van der Waals surface area contributed by atoms with Crippen molar-refractivity contribution in [2.45, 2.75) is 6.92 Å².